The summed E-state index contributed by atoms with van der Waals surface area (Å²) in [6.45, 7) is 0.124. The normalized spacial score (nSPS) is 32.7. The van der Waals surface area contributed by atoms with Crippen LogP contribution in [0.2, 0.25) is 0 Å². The molecule has 5 atom stereocenters. The maximum atomic E-state index is 11.5. The van der Waals surface area contributed by atoms with Crippen LogP contribution in [0.4, 0.5) is 0 Å². The van der Waals surface area contributed by atoms with Crippen LogP contribution in [0.25, 0.3) is 0 Å². The molecular weight excluding hydrogens is 280 g/mol. The van der Waals surface area contributed by atoms with E-state index in [0.29, 0.717) is 0 Å². The standard InChI is InChI=1S/C14H18O7/c1-19-13(18)12-10(16)9(15)11(17)14(21-12)20-7-8-5-3-2-4-6-8/h2-6,9-12,14-17H,7H2,1H3/t9-,10-,11+,12+,14-/m1/s1. The van der Waals surface area contributed by atoms with E-state index in [-0.39, 0.29) is 6.61 Å². The predicted molar refractivity (Wildman–Crippen MR) is 69.9 cm³/mol. The summed E-state index contributed by atoms with van der Waals surface area (Å²) in [4.78, 5) is 11.5. The van der Waals surface area contributed by atoms with Crippen molar-refractivity contribution < 1.29 is 34.3 Å². The molecule has 0 saturated carbocycles. The van der Waals surface area contributed by atoms with E-state index in [1.807, 2.05) is 30.3 Å². The molecule has 0 amide bonds. The Balaban J connectivity index is 2.02. The van der Waals surface area contributed by atoms with Crippen LogP contribution in [0, 0.1) is 0 Å². The van der Waals surface area contributed by atoms with Gasteiger partial charge in [0.1, 0.15) is 18.3 Å². The second-order valence-electron chi connectivity index (χ2n) is 4.72. The first-order chi connectivity index (χ1) is 10.0. The van der Waals surface area contributed by atoms with Crippen molar-refractivity contribution >= 4 is 5.97 Å². The SMILES string of the molecule is COC(=O)[C@H]1O[C@@H](OCc2ccccc2)[C@@H](O)[C@H](O)[C@H]1O. The van der Waals surface area contributed by atoms with Gasteiger partial charge in [-0.3, -0.25) is 0 Å². The van der Waals surface area contributed by atoms with Gasteiger partial charge in [0, 0.05) is 0 Å². The summed E-state index contributed by atoms with van der Waals surface area (Å²) in [7, 11) is 1.13. The summed E-state index contributed by atoms with van der Waals surface area (Å²) >= 11 is 0. The minimum atomic E-state index is -1.58. The summed E-state index contributed by atoms with van der Waals surface area (Å²) in [6.07, 6.45) is -7.26. The molecule has 1 aliphatic rings. The fraction of sp³-hybridized carbons (Fsp3) is 0.500. The lowest BCUT2D eigenvalue weighted by atomic mass is 9.99. The van der Waals surface area contributed by atoms with Crippen LogP contribution in [-0.2, 0) is 25.6 Å². The minimum Gasteiger partial charge on any atom is -0.467 e. The van der Waals surface area contributed by atoms with Gasteiger partial charge >= 0.3 is 5.97 Å². The highest BCUT2D eigenvalue weighted by Gasteiger charge is 2.47. The summed E-state index contributed by atoms with van der Waals surface area (Å²) in [5.41, 5.74) is 0.837. The average molecular weight is 298 g/mol. The molecule has 7 heteroatoms. The Bertz CT molecular complexity index is 464. The molecule has 0 radical (unpaired) electrons. The van der Waals surface area contributed by atoms with E-state index >= 15 is 0 Å². The Morgan fingerprint density at radius 3 is 2.43 bits per heavy atom. The summed E-state index contributed by atoms with van der Waals surface area (Å²) in [5, 5.41) is 29.3. The van der Waals surface area contributed by atoms with Crippen molar-refractivity contribution in [1.29, 1.82) is 0 Å². The maximum absolute atomic E-state index is 11.5. The molecule has 7 nitrogen and oxygen atoms in total. The van der Waals surface area contributed by atoms with Crippen molar-refractivity contribution in [3.8, 4) is 0 Å². The van der Waals surface area contributed by atoms with Gasteiger partial charge in [-0.15, -0.1) is 0 Å². The monoisotopic (exact) mass is 298 g/mol. The number of ether oxygens (including phenoxy) is 3. The number of hydrogen-bond donors (Lipinski definition) is 3. The molecule has 1 fully saturated rings. The van der Waals surface area contributed by atoms with Crippen molar-refractivity contribution in [2.45, 2.75) is 37.3 Å². The molecule has 0 spiro atoms. The third-order valence-electron chi connectivity index (χ3n) is 3.26. The fourth-order valence-electron chi connectivity index (χ4n) is 2.05. The zero-order chi connectivity index (χ0) is 15.4. The highest BCUT2D eigenvalue weighted by molar-refractivity contribution is 5.75. The number of carbonyl (C=O) groups is 1. The maximum Gasteiger partial charge on any atom is 0.337 e. The van der Waals surface area contributed by atoms with Crippen molar-refractivity contribution in [3.05, 3.63) is 35.9 Å². The molecule has 1 saturated heterocycles. The lowest BCUT2D eigenvalue weighted by Crippen LogP contribution is -2.60. The molecule has 2 rings (SSSR count). The van der Waals surface area contributed by atoms with E-state index in [0.717, 1.165) is 12.7 Å². The van der Waals surface area contributed by atoms with Gasteiger partial charge in [0.05, 0.1) is 13.7 Å². The summed E-state index contributed by atoms with van der Waals surface area (Å²) < 4.78 is 15.1. The molecule has 0 unspecified atom stereocenters. The number of aliphatic hydroxyl groups is 3. The van der Waals surface area contributed by atoms with E-state index < -0.39 is 36.7 Å². The zero-order valence-electron chi connectivity index (χ0n) is 11.5. The van der Waals surface area contributed by atoms with Gasteiger partial charge in [-0.1, -0.05) is 30.3 Å². The third kappa shape index (κ3) is 3.58. The highest BCUT2D eigenvalue weighted by atomic mass is 16.7. The number of hydrogen-bond acceptors (Lipinski definition) is 7. The number of rotatable bonds is 4. The Kier molecular flexibility index (Phi) is 5.27. The Hall–Kier alpha value is -1.51. The molecule has 1 heterocycles. The van der Waals surface area contributed by atoms with E-state index in [4.69, 9.17) is 9.47 Å². The number of esters is 1. The van der Waals surface area contributed by atoms with Crippen LogP contribution in [0.3, 0.4) is 0 Å². The molecular formula is C14H18O7. The van der Waals surface area contributed by atoms with Crippen LogP contribution in [0.15, 0.2) is 30.3 Å². The Labute approximate surface area is 121 Å². The van der Waals surface area contributed by atoms with E-state index in [1.54, 1.807) is 0 Å². The topological polar surface area (TPSA) is 105 Å². The molecule has 21 heavy (non-hydrogen) atoms. The van der Waals surface area contributed by atoms with Crippen molar-refractivity contribution in [2.75, 3.05) is 7.11 Å². The average Bonchev–Trinajstić information content (AvgIpc) is 2.52. The lowest BCUT2D eigenvalue weighted by Gasteiger charge is -2.38. The minimum absolute atomic E-state index is 0.124. The van der Waals surface area contributed by atoms with E-state index in [2.05, 4.69) is 4.74 Å². The molecule has 0 aromatic heterocycles. The first-order valence-electron chi connectivity index (χ1n) is 6.47. The van der Waals surface area contributed by atoms with Crippen LogP contribution in [0.5, 0.6) is 0 Å². The molecule has 1 aromatic rings. The third-order valence-corrected chi connectivity index (χ3v) is 3.26. The first kappa shape index (κ1) is 15.9. The van der Waals surface area contributed by atoms with Gasteiger partial charge in [0.2, 0.25) is 0 Å². The number of benzene rings is 1. The largest absolute Gasteiger partial charge is 0.467 e. The Morgan fingerprint density at radius 2 is 1.81 bits per heavy atom. The molecule has 3 N–H and O–H groups in total. The van der Waals surface area contributed by atoms with Crippen LogP contribution < -0.4 is 0 Å². The van der Waals surface area contributed by atoms with Gasteiger partial charge in [-0.2, -0.15) is 0 Å². The smallest absolute Gasteiger partial charge is 0.337 e. The molecule has 1 aliphatic heterocycles. The van der Waals surface area contributed by atoms with Gasteiger partial charge < -0.3 is 29.5 Å². The number of aliphatic hydroxyl groups excluding tert-OH is 3. The summed E-state index contributed by atoms with van der Waals surface area (Å²) in [5.74, 6) is -0.846. The van der Waals surface area contributed by atoms with Crippen LogP contribution in [-0.4, -0.2) is 59.1 Å². The van der Waals surface area contributed by atoms with Gasteiger partial charge in [-0.25, -0.2) is 4.79 Å². The van der Waals surface area contributed by atoms with Crippen molar-refractivity contribution in [3.63, 3.8) is 0 Å². The zero-order valence-corrected chi connectivity index (χ0v) is 11.5. The number of methoxy groups -OCH3 is 1. The van der Waals surface area contributed by atoms with Gasteiger partial charge in [-0.05, 0) is 5.56 Å². The second-order valence-corrected chi connectivity index (χ2v) is 4.72. The molecule has 1 aromatic carbocycles. The van der Waals surface area contributed by atoms with Crippen molar-refractivity contribution in [1.82, 2.24) is 0 Å². The van der Waals surface area contributed by atoms with Crippen LogP contribution >= 0.6 is 0 Å². The second kappa shape index (κ2) is 6.97. The van der Waals surface area contributed by atoms with E-state index in [9.17, 15) is 20.1 Å². The van der Waals surface area contributed by atoms with Crippen LogP contribution in [0.1, 0.15) is 5.56 Å². The quantitative estimate of drug-likeness (QED) is 0.624. The van der Waals surface area contributed by atoms with Gasteiger partial charge in [0.25, 0.3) is 0 Å². The first-order valence-corrected chi connectivity index (χ1v) is 6.47. The fourth-order valence-corrected chi connectivity index (χ4v) is 2.05. The highest BCUT2D eigenvalue weighted by Crippen LogP contribution is 2.23. The Morgan fingerprint density at radius 1 is 1.14 bits per heavy atom. The number of carbonyl (C=O) groups excluding carboxylic acids is 1. The summed E-state index contributed by atoms with van der Waals surface area (Å²) in [6, 6.07) is 9.14. The van der Waals surface area contributed by atoms with Crippen molar-refractivity contribution in [2.24, 2.45) is 0 Å². The molecule has 0 aliphatic carbocycles. The predicted octanol–water partition coefficient (Wildman–Crippen LogP) is -0.816. The lowest BCUT2D eigenvalue weighted by molar-refractivity contribution is -0.297. The molecule has 0 bridgehead atoms. The van der Waals surface area contributed by atoms with E-state index in [1.165, 1.54) is 0 Å². The molecule has 116 valence electrons. The van der Waals surface area contributed by atoms with Gasteiger partial charge in [0.15, 0.2) is 12.4 Å².